The largest absolute Gasteiger partial charge is 0.380 e. The second kappa shape index (κ2) is 9.28. The minimum atomic E-state index is 0.196. The molecule has 1 aromatic heterocycles. The molecule has 2 aromatic carbocycles. The number of pyridine rings is 1. The Morgan fingerprint density at radius 3 is 1.86 bits per heavy atom. The summed E-state index contributed by atoms with van der Waals surface area (Å²) in [5, 5.41) is 0. The molecule has 3 heteroatoms. The van der Waals surface area contributed by atoms with E-state index in [-0.39, 0.29) is 18.5 Å². The molecule has 0 saturated carbocycles. The van der Waals surface area contributed by atoms with Gasteiger partial charge in [0.2, 0.25) is 6.71 Å². The number of allylic oxidation sites excluding steroid dienone is 5. The quantitative estimate of drug-likeness (QED) is 0.440. The van der Waals surface area contributed by atoms with Gasteiger partial charge in [-0.2, -0.15) is 0 Å². The fraction of sp³-hybridized carbons (Fsp3) is 0.303. The van der Waals surface area contributed by atoms with Crippen LogP contribution in [-0.4, -0.2) is 30.7 Å². The SMILES string of the molecule is Cc1cc(C)c(B(C2=CC=C(N(C)C)[C@@H]3c4cccnc4C=C[C@H]23)c2c(C)cc(C)cc2C)c(C)c1. The first-order valence-corrected chi connectivity index (χ1v) is 13.0. The van der Waals surface area contributed by atoms with Gasteiger partial charge < -0.3 is 4.90 Å². The number of aryl methyl sites for hydroxylation is 6. The van der Waals surface area contributed by atoms with Crippen molar-refractivity contribution in [2.24, 2.45) is 5.92 Å². The van der Waals surface area contributed by atoms with E-state index in [4.69, 9.17) is 4.98 Å². The summed E-state index contributed by atoms with van der Waals surface area (Å²) in [5.74, 6) is 0.530. The van der Waals surface area contributed by atoms with Crippen LogP contribution in [0.1, 0.15) is 50.6 Å². The van der Waals surface area contributed by atoms with Crippen LogP contribution in [0, 0.1) is 47.5 Å². The number of hydrogen-bond acceptors (Lipinski definition) is 2. The molecule has 2 aliphatic rings. The Morgan fingerprint density at radius 2 is 1.33 bits per heavy atom. The Kier molecular flexibility index (Phi) is 6.28. The highest BCUT2D eigenvalue weighted by molar-refractivity contribution is 6.92. The maximum Gasteiger partial charge on any atom is 0.239 e. The number of fused-ring (bicyclic) bond motifs is 3. The average Bonchev–Trinajstić information content (AvgIpc) is 2.81. The Balaban J connectivity index is 1.80. The topological polar surface area (TPSA) is 16.1 Å². The second-order valence-corrected chi connectivity index (χ2v) is 11.1. The van der Waals surface area contributed by atoms with Gasteiger partial charge in [-0.05, 0) is 65.3 Å². The summed E-state index contributed by atoms with van der Waals surface area (Å²) >= 11 is 0. The second-order valence-electron chi connectivity index (χ2n) is 11.1. The number of hydrogen-bond donors (Lipinski definition) is 0. The van der Waals surface area contributed by atoms with Crippen molar-refractivity contribution >= 4 is 23.7 Å². The Labute approximate surface area is 217 Å². The first-order valence-electron chi connectivity index (χ1n) is 13.0. The van der Waals surface area contributed by atoms with Gasteiger partial charge >= 0.3 is 0 Å². The molecule has 2 nitrogen and oxygen atoms in total. The van der Waals surface area contributed by atoms with E-state index in [9.17, 15) is 0 Å². The van der Waals surface area contributed by atoms with Gasteiger partial charge in [0, 0.05) is 37.8 Å². The molecule has 0 radical (unpaired) electrons. The normalized spacial score (nSPS) is 18.2. The van der Waals surface area contributed by atoms with E-state index in [0.717, 1.165) is 5.69 Å². The maximum absolute atomic E-state index is 4.71. The van der Waals surface area contributed by atoms with E-state index in [2.05, 4.69) is 121 Å². The lowest BCUT2D eigenvalue weighted by Crippen LogP contribution is -2.52. The molecule has 0 spiro atoms. The summed E-state index contributed by atoms with van der Waals surface area (Å²) in [4.78, 5) is 6.99. The van der Waals surface area contributed by atoms with Crippen LogP contribution in [0.3, 0.4) is 0 Å². The van der Waals surface area contributed by atoms with E-state index in [1.165, 1.54) is 61.0 Å². The Hall–Kier alpha value is -3.33. The molecule has 36 heavy (non-hydrogen) atoms. The van der Waals surface area contributed by atoms with Crippen LogP contribution in [0.4, 0.5) is 0 Å². The van der Waals surface area contributed by atoms with Gasteiger partial charge in [0.25, 0.3) is 0 Å². The summed E-state index contributed by atoms with van der Waals surface area (Å²) < 4.78 is 0. The van der Waals surface area contributed by atoms with E-state index in [1.807, 2.05) is 6.20 Å². The highest BCUT2D eigenvalue weighted by atomic mass is 15.1. The number of nitrogens with zero attached hydrogens (tertiary/aromatic N) is 2. The summed E-state index contributed by atoms with van der Waals surface area (Å²) in [6, 6.07) is 13.8. The third-order valence-corrected chi connectivity index (χ3v) is 8.08. The minimum Gasteiger partial charge on any atom is -0.380 e. The van der Waals surface area contributed by atoms with Crippen molar-refractivity contribution in [3.8, 4) is 0 Å². The fourth-order valence-corrected chi connectivity index (χ4v) is 6.86. The minimum absolute atomic E-state index is 0.196. The average molecular weight is 472 g/mol. The molecule has 0 fully saturated rings. The predicted octanol–water partition coefficient (Wildman–Crippen LogP) is 5.89. The standard InChI is InChI=1S/C33H37BN2/c1-20-16-22(3)32(23(4)17-20)34(33-24(5)18-21(2)19-25(33)6)28-12-14-30(36(7)8)31-26(28)11-13-29-27(31)10-9-15-35-29/h9-19,26,31H,1-8H3/t26-,31+/m1/s1. The molecule has 1 heterocycles. The van der Waals surface area contributed by atoms with Gasteiger partial charge in [-0.25, -0.2) is 0 Å². The zero-order chi connectivity index (χ0) is 25.7. The molecule has 0 saturated heterocycles. The number of aromatic nitrogens is 1. The summed E-state index contributed by atoms with van der Waals surface area (Å²) in [6.07, 6.45) is 11.3. The summed E-state index contributed by atoms with van der Waals surface area (Å²) in [7, 11) is 4.33. The van der Waals surface area contributed by atoms with Crippen molar-refractivity contribution in [1.82, 2.24) is 9.88 Å². The number of likely N-dealkylation sites (N-methyl/N-ethyl adjacent to an activating group) is 1. The molecule has 182 valence electrons. The van der Waals surface area contributed by atoms with Crippen molar-refractivity contribution in [2.75, 3.05) is 14.1 Å². The van der Waals surface area contributed by atoms with Crippen LogP contribution in [0.15, 0.2) is 72.0 Å². The Morgan fingerprint density at radius 1 is 0.778 bits per heavy atom. The van der Waals surface area contributed by atoms with Gasteiger partial charge in [0.05, 0.1) is 5.69 Å². The zero-order valence-electron chi connectivity index (χ0n) is 23.0. The molecule has 0 amide bonds. The number of benzene rings is 2. The smallest absolute Gasteiger partial charge is 0.239 e. The third kappa shape index (κ3) is 4.05. The molecule has 2 atom stereocenters. The van der Waals surface area contributed by atoms with Crippen LogP contribution in [-0.2, 0) is 0 Å². The lowest BCUT2D eigenvalue weighted by atomic mass is 9.31. The molecule has 0 unspecified atom stereocenters. The molecule has 3 aromatic rings. The molecule has 0 bridgehead atoms. The van der Waals surface area contributed by atoms with E-state index in [0.29, 0.717) is 0 Å². The van der Waals surface area contributed by atoms with Gasteiger partial charge in [0.15, 0.2) is 0 Å². The number of rotatable bonds is 4. The summed E-state index contributed by atoms with van der Waals surface area (Å²) in [6.45, 7) is 13.8. The molecular formula is C33H37BN2. The van der Waals surface area contributed by atoms with E-state index in [1.54, 1.807) is 0 Å². The van der Waals surface area contributed by atoms with Gasteiger partial charge in [-0.1, -0.05) is 92.3 Å². The van der Waals surface area contributed by atoms with Crippen molar-refractivity contribution < 1.29 is 0 Å². The molecule has 0 N–H and O–H groups in total. The van der Waals surface area contributed by atoms with Crippen molar-refractivity contribution in [2.45, 2.75) is 47.5 Å². The van der Waals surface area contributed by atoms with E-state index < -0.39 is 0 Å². The van der Waals surface area contributed by atoms with Crippen LogP contribution < -0.4 is 10.9 Å². The lowest BCUT2D eigenvalue weighted by molar-refractivity contribution is 0.432. The predicted molar refractivity (Wildman–Crippen MR) is 156 cm³/mol. The third-order valence-electron chi connectivity index (χ3n) is 8.08. The van der Waals surface area contributed by atoms with Gasteiger partial charge in [-0.15, -0.1) is 0 Å². The first kappa shape index (κ1) is 24.4. The van der Waals surface area contributed by atoms with Gasteiger partial charge in [0.1, 0.15) is 0 Å². The van der Waals surface area contributed by atoms with Crippen molar-refractivity contribution in [3.05, 3.63) is 117 Å². The zero-order valence-corrected chi connectivity index (χ0v) is 23.0. The van der Waals surface area contributed by atoms with Crippen LogP contribution in [0.5, 0.6) is 0 Å². The molecular weight excluding hydrogens is 435 g/mol. The maximum atomic E-state index is 4.71. The molecule has 5 rings (SSSR count). The molecule has 2 aliphatic carbocycles. The van der Waals surface area contributed by atoms with Crippen LogP contribution >= 0.6 is 0 Å². The lowest BCUT2D eigenvalue weighted by Gasteiger charge is -2.41. The van der Waals surface area contributed by atoms with Crippen molar-refractivity contribution in [3.63, 3.8) is 0 Å². The molecule has 0 aliphatic heterocycles. The van der Waals surface area contributed by atoms with E-state index >= 15 is 0 Å². The van der Waals surface area contributed by atoms with Crippen molar-refractivity contribution in [1.29, 1.82) is 0 Å². The highest BCUT2D eigenvalue weighted by Gasteiger charge is 2.41. The Bertz CT molecular complexity index is 1340. The highest BCUT2D eigenvalue weighted by Crippen LogP contribution is 2.45. The fourth-order valence-electron chi connectivity index (χ4n) is 6.86. The van der Waals surface area contributed by atoms with Crippen LogP contribution in [0.2, 0.25) is 0 Å². The van der Waals surface area contributed by atoms with Crippen LogP contribution in [0.25, 0.3) is 6.08 Å². The van der Waals surface area contributed by atoms with Gasteiger partial charge in [-0.3, -0.25) is 4.98 Å². The first-order chi connectivity index (χ1) is 17.2. The monoisotopic (exact) mass is 472 g/mol. The summed E-state index contributed by atoms with van der Waals surface area (Å²) in [5.41, 5.74) is 16.3.